The Hall–Kier alpha value is -1.43. The van der Waals surface area contributed by atoms with Crippen molar-refractivity contribution in [3.63, 3.8) is 0 Å². The number of carbonyl (C=O) groups excluding carboxylic acids is 1. The number of aliphatic hydroxyl groups is 1. The van der Waals surface area contributed by atoms with Crippen molar-refractivity contribution in [1.29, 1.82) is 0 Å². The smallest absolute Gasteiger partial charge is 0.234 e. The average molecular weight is 320 g/mol. The predicted octanol–water partition coefficient (Wildman–Crippen LogP) is 1.54. The van der Waals surface area contributed by atoms with Gasteiger partial charge in [0.15, 0.2) is 0 Å². The first-order chi connectivity index (χ1) is 11.1. The third-order valence-electron chi connectivity index (χ3n) is 4.37. The molecular formula is C18H28N2O3. The Balaban J connectivity index is 1.73. The molecule has 0 bridgehead atoms. The van der Waals surface area contributed by atoms with Crippen LogP contribution in [0.4, 0.5) is 0 Å². The van der Waals surface area contributed by atoms with E-state index < -0.39 is 0 Å². The molecule has 1 fully saturated rings. The number of likely N-dealkylation sites (N-methyl/N-ethyl adjacent to an activating group) is 1. The minimum atomic E-state index is -0.205. The Morgan fingerprint density at radius 2 is 2.17 bits per heavy atom. The first-order valence-electron chi connectivity index (χ1n) is 8.28. The van der Waals surface area contributed by atoms with Gasteiger partial charge in [0.05, 0.1) is 19.3 Å². The van der Waals surface area contributed by atoms with Gasteiger partial charge in [0, 0.05) is 20.2 Å². The van der Waals surface area contributed by atoms with Crippen LogP contribution in [0.3, 0.4) is 0 Å². The van der Waals surface area contributed by atoms with Crippen molar-refractivity contribution < 1.29 is 14.6 Å². The van der Waals surface area contributed by atoms with Crippen LogP contribution >= 0.6 is 0 Å². The molecule has 1 amide bonds. The summed E-state index contributed by atoms with van der Waals surface area (Å²) in [5.74, 6) is 0.315. The number of hydrogen-bond donors (Lipinski definition) is 2. The van der Waals surface area contributed by atoms with Crippen molar-refractivity contribution in [1.82, 2.24) is 10.2 Å². The zero-order chi connectivity index (χ0) is 16.7. The molecule has 2 atom stereocenters. The van der Waals surface area contributed by atoms with Gasteiger partial charge in [-0.2, -0.15) is 0 Å². The molecule has 0 spiro atoms. The second-order valence-corrected chi connectivity index (χ2v) is 6.48. The zero-order valence-corrected chi connectivity index (χ0v) is 14.1. The standard InChI is InChI=1S/C18H28N2O3/c1-20(11-16-7-4-8-17(16)21)12-18(22)19-10-14-5-3-6-15(9-14)13-23-2/h3,5-6,9,16-17,21H,4,7-8,10-13H2,1-2H3,(H,19,22). The lowest BCUT2D eigenvalue weighted by Gasteiger charge is -2.22. The minimum Gasteiger partial charge on any atom is -0.393 e. The highest BCUT2D eigenvalue weighted by atomic mass is 16.5. The average Bonchev–Trinajstić information content (AvgIpc) is 2.91. The van der Waals surface area contributed by atoms with Crippen LogP contribution in [0.15, 0.2) is 24.3 Å². The molecule has 0 aliphatic heterocycles. The van der Waals surface area contributed by atoms with Crippen LogP contribution in [0.1, 0.15) is 30.4 Å². The Morgan fingerprint density at radius 1 is 1.39 bits per heavy atom. The summed E-state index contributed by atoms with van der Waals surface area (Å²) in [4.78, 5) is 14.0. The number of rotatable bonds is 8. The van der Waals surface area contributed by atoms with Crippen LogP contribution in [0, 0.1) is 5.92 Å². The first kappa shape index (κ1) is 17.9. The van der Waals surface area contributed by atoms with Gasteiger partial charge in [-0.3, -0.25) is 9.69 Å². The van der Waals surface area contributed by atoms with Gasteiger partial charge in [0.2, 0.25) is 5.91 Å². The summed E-state index contributed by atoms with van der Waals surface area (Å²) in [6, 6.07) is 8.03. The summed E-state index contributed by atoms with van der Waals surface area (Å²) in [6.45, 7) is 2.24. The van der Waals surface area contributed by atoms with E-state index in [1.165, 1.54) is 0 Å². The van der Waals surface area contributed by atoms with Gasteiger partial charge in [-0.15, -0.1) is 0 Å². The number of amides is 1. The third kappa shape index (κ3) is 5.94. The lowest BCUT2D eigenvalue weighted by atomic mass is 10.1. The van der Waals surface area contributed by atoms with E-state index in [1.54, 1.807) is 7.11 Å². The second kappa shape index (κ2) is 9.01. The van der Waals surface area contributed by atoms with Gasteiger partial charge >= 0.3 is 0 Å². The third-order valence-corrected chi connectivity index (χ3v) is 4.37. The Kier molecular flexibility index (Phi) is 7.02. The van der Waals surface area contributed by atoms with Crippen LogP contribution in [0.25, 0.3) is 0 Å². The van der Waals surface area contributed by atoms with Crippen molar-refractivity contribution in [2.75, 3.05) is 27.2 Å². The van der Waals surface area contributed by atoms with Crippen molar-refractivity contribution in [3.05, 3.63) is 35.4 Å². The molecule has 128 valence electrons. The fourth-order valence-corrected chi connectivity index (χ4v) is 3.19. The number of hydrogen-bond acceptors (Lipinski definition) is 4. The summed E-state index contributed by atoms with van der Waals surface area (Å²) in [6.07, 6.45) is 2.83. The number of methoxy groups -OCH3 is 1. The van der Waals surface area contributed by atoms with Crippen LogP contribution in [0.5, 0.6) is 0 Å². The highest BCUT2D eigenvalue weighted by molar-refractivity contribution is 5.77. The van der Waals surface area contributed by atoms with Gasteiger partial charge < -0.3 is 15.2 Å². The van der Waals surface area contributed by atoms with Crippen LogP contribution in [-0.4, -0.2) is 49.3 Å². The molecule has 2 unspecified atom stereocenters. The highest BCUT2D eigenvalue weighted by Crippen LogP contribution is 2.25. The normalized spacial score (nSPS) is 20.9. The van der Waals surface area contributed by atoms with Crippen LogP contribution in [0.2, 0.25) is 0 Å². The molecule has 1 aliphatic rings. The lowest BCUT2D eigenvalue weighted by molar-refractivity contribution is -0.122. The topological polar surface area (TPSA) is 61.8 Å². The minimum absolute atomic E-state index is 0.0112. The van der Waals surface area contributed by atoms with Crippen LogP contribution in [-0.2, 0) is 22.7 Å². The molecule has 1 saturated carbocycles. The molecule has 1 aromatic carbocycles. The van der Waals surface area contributed by atoms with E-state index in [9.17, 15) is 9.90 Å². The molecule has 0 heterocycles. The van der Waals surface area contributed by atoms with Gasteiger partial charge in [-0.05, 0) is 36.9 Å². The van der Waals surface area contributed by atoms with Crippen molar-refractivity contribution in [2.24, 2.45) is 5.92 Å². The van der Waals surface area contributed by atoms with Crippen LogP contribution < -0.4 is 5.32 Å². The molecule has 0 radical (unpaired) electrons. The molecule has 1 aromatic rings. The number of carbonyl (C=O) groups is 1. The van der Waals surface area contributed by atoms with Gasteiger partial charge in [-0.1, -0.05) is 30.7 Å². The molecular weight excluding hydrogens is 292 g/mol. The molecule has 23 heavy (non-hydrogen) atoms. The molecule has 2 rings (SSSR count). The largest absolute Gasteiger partial charge is 0.393 e. The van der Waals surface area contributed by atoms with Gasteiger partial charge in [-0.25, -0.2) is 0 Å². The van der Waals surface area contributed by atoms with E-state index in [1.807, 2.05) is 36.2 Å². The predicted molar refractivity (Wildman–Crippen MR) is 89.8 cm³/mol. The number of benzene rings is 1. The Bertz CT molecular complexity index is 507. The summed E-state index contributed by atoms with van der Waals surface area (Å²) < 4.78 is 5.12. The number of nitrogens with zero attached hydrogens (tertiary/aromatic N) is 1. The number of ether oxygens (including phenoxy) is 1. The number of nitrogens with one attached hydrogen (secondary N) is 1. The number of aliphatic hydroxyl groups excluding tert-OH is 1. The van der Waals surface area contributed by atoms with E-state index in [-0.39, 0.29) is 12.0 Å². The van der Waals surface area contributed by atoms with E-state index >= 15 is 0 Å². The quantitative estimate of drug-likeness (QED) is 0.763. The Labute approximate surface area is 138 Å². The highest BCUT2D eigenvalue weighted by Gasteiger charge is 2.26. The van der Waals surface area contributed by atoms with Crippen molar-refractivity contribution >= 4 is 5.91 Å². The van der Waals surface area contributed by atoms with E-state index in [0.717, 1.165) is 36.9 Å². The lowest BCUT2D eigenvalue weighted by Crippen LogP contribution is -2.38. The molecule has 0 saturated heterocycles. The maximum atomic E-state index is 12.1. The Morgan fingerprint density at radius 3 is 2.87 bits per heavy atom. The summed E-state index contributed by atoms with van der Waals surface area (Å²) in [7, 11) is 3.61. The van der Waals surface area contributed by atoms with Crippen molar-refractivity contribution in [3.8, 4) is 0 Å². The maximum absolute atomic E-state index is 12.1. The van der Waals surface area contributed by atoms with Crippen molar-refractivity contribution in [2.45, 2.75) is 38.5 Å². The second-order valence-electron chi connectivity index (χ2n) is 6.48. The molecule has 1 aliphatic carbocycles. The fourth-order valence-electron chi connectivity index (χ4n) is 3.19. The van der Waals surface area contributed by atoms with E-state index in [4.69, 9.17) is 4.74 Å². The van der Waals surface area contributed by atoms with Gasteiger partial charge in [0.25, 0.3) is 0 Å². The fraction of sp³-hybridized carbons (Fsp3) is 0.611. The molecule has 5 heteroatoms. The maximum Gasteiger partial charge on any atom is 0.234 e. The summed E-state index contributed by atoms with van der Waals surface area (Å²) in [5.41, 5.74) is 2.17. The molecule has 0 aromatic heterocycles. The summed E-state index contributed by atoms with van der Waals surface area (Å²) in [5, 5.41) is 12.8. The molecule has 2 N–H and O–H groups in total. The van der Waals surface area contributed by atoms with Gasteiger partial charge in [0.1, 0.15) is 0 Å². The van der Waals surface area contributed by atoms with E-state index in [2.05, 4.69) is 5.32 Å². The van der Waals surface area contributed by atoms with E-state index in [0.29, 0.717) is 25.6 Å². The SMILES string of the molecule is COCc1cccc(CNC(=O)CN(C)CC2CCCC2O)c1. The zero-order valence-electron chi connectivity index (χ0n) is 14.1. The molecule has 5 nitrogen and oxygen atoms in total. The monoisotopic (exact) mass is 320 g/mol. The summed E-state index contributed by atoms with van der Waals surface area (Å²) >= 11 is 0. The first-order valence-corrected chi connectivity index (χ1v) is 8.28.